The van der Waals surface area contributed by atoms with Crippen LogP contribution in [0.25, 0.3) is 10.9 Å². The molecule has 0 aliphatic heterocycles. The van der Waals surface area contributed by atoms with E-state index in [2.05, 4.69) is 15.0 Å². The van der Waals surface area contributed by atoms with E-state index in [1.807, 2.05) is 0 Å². The lowest BCUT2D eigenvalue weighted by atomic mass is 10.1. The minimum Gasteiger partial charge on any atom is -0.462 e. The highest BCUT2D eigenvalue weighted by atomic mass is 32.2. The highest BCUT2D eigenvalue weighted by Crippen LogP contribution is 2.35. The third kappa shape index (κ3) is 5.84. The van der Waals surface area contributed by atoms with Crippen molar-refractivity contribution in [2.75, 3.05) is 11.9 Å². The number of aromatic nitrogens is 1. The molecule has 0 fully saturated rings. The number of fused-ring (bicyclic) bond motifs is 1. The highest BCUT2D eigenvalue weighted by Gasteiger charge is 2.31. The fourth-order valence-electron chi connectivity index (χ4n) is 3.19. The fourth-order valence-corrected chi connectivity index (χ4v) is 4.61. The second-order valence-corrected chi connectivity index (χ2v) is 10.2. The van der Waals surface area contributed by atoms with Gasteiger partial charge in [-0.05, 0) is 64.1 Å². The molecule has 0 saturated heterocycles. The second kappa shape index (κ2) is 9.22. The number of anilines is 2. The van der Waals surface area contributed by atoms with Gasteiger partial charge in [0.2, 0.25) is 10.0 Å². The fraction of sp³-hybridized carbons (Fsp3) is 0.304. The SMILES string of the molecule is CCOC(=O)c1cnc2cc(C(F)(F)F)ccc2c1Nc1ccc(S(=O)(=O)NC(C)(C)C)cc1. The van der Waals surface area contributed by atoms with Crippen molar-refractivity contribution < 1.29 is 31.1 Å². The number of halogens is 3. The maximum absolute atomic E-state index is 13.1. The molecule has 0 aliphatic rings. The van der Waals surface area contributed by atoms with Gasteiger partial charge in [-0.2, -0.15) is 13.2 Å². The molecule has 0 amide bonds. The van der Waals surface area contributed by atoms with Crippen molar-refractivity contribution >= 4 is 38.3 Å². The van der Waals surface area contributed by atoms with E-state index in [9.17, 15) is 26.4 Å². The zero-order chi connectivity index (χ0) is 25.3. The van der Waals surface area contributed by atoms with E-state index in [1.165, 1.54) is 30.3 Å². The number of sulfonamides is 1. The number of nitrogens with zero attached hydrogens (tertiary/aromatic N) is 1. The first-order chi connectivity index (χ1) is 15.7. The Balaban J connectivity index is 2.05. The largest absolute Gasteiger partial charge is 0.462 e. The van der Waals surface area contributed by atoms with Gasteiger partial charge in [0.25, 0.3) is 0 Å². The summed E-state index contributed by atoms with van der Waals surface area (Å²) in [5.74, 6) is -0.701. The standard InChI is InChI=1S/C23H24F3N3O4S/c1-5-33-21(30)18-13-27-19-12-14(23(24,25)26)6-11-17(19)20(18)28-15-7-9-16(10-8-15)34(31,32)29-22(2,3)4/h6-13,29H,5H2,1-4H3,(H,27,28). The van der Waals surface area contributed by atoms with Crippen LogP contribution in [0.5, 0.6) is 0 Å². The van der Waals surface area contributed by atoms with Gasteiger partial charge in [0, 0.05) is 22.8 Å². The lowest BCUT2D eigenvalue weighted by molar-refractivity contribution is -0.137. The first-order valence-corrected chi connectivity index (χ1v) is 11.8. The van der Waals surface area contributed by atoms with E-state index in [-0.39, 0.29) is 33.7 Å². The summed E-state index contributed by atoms with van der Waals surface area (Å²) in [6.45, 7) is 6.87. The van der Waals surface area contributed by atoms with Crippen LogP contribution in [0, 0.1) is 0 Å². The molecule has 0 spiro atoms. The molecule has 3 rings (SSSR count). The van der Waals surface area contributed by atoms with E-state index in [1.54, 1.807) is 27.7 Å². The third-order valence-electron chi connectivity index (χ3n) is 4.57. The molecule has 3 aromatic rings. The van der Waals surface area contributed by atoms with Crippen LogP contribution in [0.3, 0.4) is 0 Å². The number of esters is 1. The number of nitrogens with one attached hydrogen (secondary N) is 2. The van der Waals surface area contributed by atoms with Crippen molar-refractivity contribution in [3.8, 4) is 0 Å². The lowest BCUT2D eigenvalue weighted by Gasteiger charge is -2.20. The Morgan fingerprint density at radius 2 is 1.71 bits per heavy atom. The predicted molar refractivity (Wildman–Crippen MR) is 123 cm³/mol. The Kier molecular flexibility index (Phi) is 6.90. The molecular weight excluding hydrogens is 471 g/mol. The van der Waals surface area contributed by atoms with Crippen LogP contribution in [0.15, 0.2) is 53.6 Å². The number of carbonyl (C=O) groups excluding carboxylic acids is 1. The number of alkyl halides is 3. The molecule has 1 heterocycles. The third-order valence-corrected chi connectivity index (χ3v) is 6.34. The number of carbonyl (C=O) groups is 1. The molecule has 0 unspecified atom stereocenters. The topological polar surface area (TPSA) is 97.4 Å². The quantitative estimate of drug-likeness (QED) is 0.454. The van der Waals surface area contributed by atoms with Crippen LogP contribution in [0.1, 0.15) is 43.6 Å². The van der Waals surface area contributed by atoms with Crippen molar-refractivity contribution in [1.29, 1.82) is 0 Å². The zero-order valence-corrected chi connectivity index (χ0v) is 19.8. The molecule has 0 saturated carbocycles. The molecule has 182 valence electrons. The molecule has 11 heteroatoms. The maximum Gasteiger partial charge on any atom is 0.416 e. The summed E-state index contributed by atoms with van der Waals surface area (Å²) in [5, 5.41) is 3.27. The minimum atomic E-state index is -4.55. The summed E-state index contributed by atoms with van der Waals surface area (Å²) in [5.41, 5.74) is -0.883. The van der Waals surface area contributed by atoms with Crippen LogP contribution >= 0.6 is 0 Å². The van der Waals surface area contributed by atoms with Crippen LogP contribution in [-0.2, 0) is 20.9 Å². The first kappa shape index (κ1) is 25.4. The molecule has 1 aromatic heterocycles. The van der Waals surface area contributed by atoms with Gasteiger partial charge in [-0.15, -0.1) is 0 Å². The monoisotopic (exact) mass is 495 g/mol. The second-order valence-electron chi connectivity index (χ2n) is 8.50. The number of pyridine rings is 1. The van der Waals surface area contributed by atoms with Gasteiger partial charge in [-0.1, -0.05) is 6.07 Å². The van der Waals surface area contributed by atoms with Gasteiger partial charge in [0.05, 0.1) is 28.3 Å². The summed E-state index contributed by atoms with van der Waals surface area (Å²) < 4.78 is 72.1. The summed E-state index contributed by atoms with van der Waals surface area (Å²) in [6, 6.07) is 8.76. The summed E-state index contributed by atoms with van der Waals surface area (Å²) in [6.07, 6.45) is -3.40. The molecule has 7 nitrogen and oxygen atoms in total. The summed E-state index contributed by atoms with van der Waals surface area (Å²) in [7, 11) is -3.76. The summed E-state index contributed by atoms with van der Waals surface area (Å²) in [4.78, 5) is 16.5. The number of hydrogen-bond acceptors (Lipinski definition) is 6. The number of ether oxygens (including phenoxy) is 1. The van der Waals surface area contributed by atoms with Crippen LogP contribution < -0.4 is 10.0 Å². The molecular formula is C23H24F3N3O4S. The Hall–Kier alpha value is -3.18. The van der Waals surface area contributed by atoms with Gasteiger partial charge in [0.1, 0.15) is 5.56 Å². The summed E-state index contributed by atoms with van der Waals surface area (Å²) >= 11 is 0. The Morgan fingerprint density at radius 3 is 2.26 bits per heavy atom. The predicted octanol–water partition coefficient (Wildman–Crippen LogP) is 5.25. The van der Waals surface area contributed by atoms with Crippen LogP contribution in [-0.4, -0.2) is 31.5 Å². The van der Waals surface area contributed by atoms with E-state index in [0.717, 1.165) is 18.3 Å². The molecule has 0 aliphatic carbocycles. The van der Waals surface area contributed by atoms with E-state index < -0.39 is 33.3 Å². The average Bonchev–Trinajstić information content (AvgIpc) is 2.71. The molecule has 34 heavy (non-hydrogen) atoms. The lowest BCUT2D eigenvalue weighted by Crippen LogP contribution is -2.40. The molecule has 0 atom stereocenters. The highest BCUT2D eigenvalue weighted by molar-refractivity contribution is 7.89. The first-order valence-electron chi connectivity index (χ1n) is 10.3. The van der Waals surface area contributed by atoms with Crippen molar-refractivity contribution in [2.45, 2.75) is 44.3 Å². The average molecular weight is 496 g/mol. The van der Waals surface area contributed by atoms with Gasteiger partial charge in [0.15, 0.2) is 0 Å². The maximum atomic E-state index is 13.1. The van der Waals surface area contributed by atoms with Crippen LogP contribution in [0.4, 0.5) is 24.5 Å². The van der Waals surface area contributed by atoms with E-state index in [0.29, 0.717) is 5.69 Å². The van der Waals surface area contributed by atoms with Crippen molar-refractivity contribution in [3.05, 3.63) is 59.8 Å². The van der Waals surface area contributed by atoms with Gasteiger partial charge < -0.3 is 10.1 Å². The Bertz CT molecular complexity index is 1320. The van der Waals surface area contributed by atoms with Gasteiger partial charge >= 0.3 is 12.1 Å². The molecule has 0 radical (unpaired) electrons. The van der Waals surface area contributed by atoms with Gasteiger partial charge in [-0.25, -0.2) is 17.9 Å². The van der Waals surface area contributed by atoms with Crippen molar-refractivity contribution in [2.24, 2.45) is 0 Å². The smallest absolute Gasteiger partial charge is 0.416 e. The van der Waals surface area contributed by atoms with E-state index in [4.69, 9.17) is 4.74 Å². The van der Waals surface area contributed by atoms with Crippen molar-refractivity contribution in [3.63, 3.8) is 0 Å². The molecule has 2 N–H and O–H groups in total. The number of benzene rings is 2. The van der Waals surface area contributed by atoms with Gasteiger partial charge in [-0.3, -0.25) is 4.98 Å². The normalized spacial score (nSPS) is 12.6. The Labute approximate surface area is 195 Å². The van der Waals surface area contributed by atoms with Crippen molar-refractivity contribution in [1.82, 2.24) is 9.71 Å². The number of hydrogen-bond donors (Lipinski definition) is 2. The van der Waals surface area contributed by atoms with E-state index >= 15 is 0 Å². The Morgan fingerprint density at radius 1 is 1.06 bits per heavy atom. The van der Waals surface area contributed by atoms with Crippen LogP contribution in [0.2, 0.25) is 0 Å². The molecule has 0 bridgehead atoms. The zero-order valence-electron chi connectivity index (χ0n) is 18.9. The molecule has 2 aromatic carbocycles. The minimum absolute atomic E-state index is 0.0268. The number of rotatable bonds is 6.